The van der Waals surface area contributed by atoms with Gasteiger partial charge in [-0.15, -0.1) is 4.91 Å². The van der Waals surface area contributed by atoms with Gasteiger partial charge in [0.1, 0.15) is 0 Å². The molecule has 0 aliphatic heterocycles. The Kier molecular flexibility index (Phi) is 11.2. The standard InChI is InChI=1S/C20H28O2.C2H5N3O2/c1-15(8-6-9-16(2)14-19(21)22)11-12-18-17(3)10-7-13-20(18,4)5;1-5(4-7)2(3)6/h6,8-9,11-12,14H,7,10,13H2,1-5H3,(H,21,22);1H3,(H2,3,6)/b9-6+,12-11+,15-8+,16-14+;. The van der Waals surface area contributed by atoms with Gasteiger partial charge in [-0.2, -0.15) is 5.01 Å². The smallest absolute Gasteiger partial charge is 0.337 e. The molecule has 1 aliphatic rings. The molecule has 0 saturated carbocycles. The Morgan fingerprint density at radius 1 is 1.21 bits per heavy atom. The Labute approximate surface area is 173 Å². The van der Waals surface area contributed by atoms with Crippen LogP contribution in [0.2, 0.25) is 0 Å². The zero-order valence-electron chi connectivity index (χ0n) is 18.2. The monoisotopic (exact) mass is 403 g/mol. The molecule has 0 spiro atoms. The lowest BCUT2D eigenvalue weighted by Crippen LogP contribution is -2.26. The number of allylic oxidation sites excluding steroid dienone is 9. The number of urea groups is 1. The third kappa shape index (κ3) is 10.8. The van der Waals surface area contributed by atoms with E-state index in [0.29, 0.717) is 5.01 Å². The van der Waals surface area contributed by atoms with Gasteiger partial charge in [0.15, 0.2) is 0 Å². The van der Waals surface area contributed by atoms with Crippen LogP contribution in [0.1, 0.15) is 53.9 Å². The van der Waals surface area contributed by atoms with Crippen LogP contribution in [0.15, 0.2) is 64.0 Å². The summed E-state index contributed by atoms with van der Waals surface area (Å²) in [6.45, 7) is 10.7. The van der Waals surface area contributed by atoms with Gasteiger partial charge in [0, 0.05) is 13.1 Å². The summed E-state index contributed by atoms with van der Waals surface area (Å²) in [5.74, 6) is -0.912. The fourth-order valence-electron chi connectivity index (χ4n) is 2.92. The number of primary amides is 1. The third-order valence-electron chi connectivity index (χ3n) is 4.57. The van der Waals surface area contributed by atoms with Crippen LogP contribution in [0.5, 0.6) is 0 Å². The first kappa shape index (κ1) is 26.0. The van der Waals surface area contributed by atoms with Crippen LogP contribution in [-0.4, -0.2) is 29.2 Å². The SMILES string of the molecule is CC1=C(/C=C/C(C)=C/C=C/C(C)=C/C(=O)O)C(C)(C)CCC1.CN(N=O)C(N)=O. The van der Waals surface area contributed by atoms with Crippen molar-refractivity contribution >= 4 is 12.0 Å². The minimum absolute atomic E-state index is 0.260. The van der Waals surface area contributed by atoms with Crippen LogP contribution in [0, 0.1) is 10.3 Å². The predicted octanol–water partition coefficient (Wildman–Crippen LogP) is 5.28. The third-order valence-corrected chi connectivity index (χ3v) is 4.57. The highest BCUT2D eigenvalue weighted by Crippen LogP contribution is 2.40. The van der Waals surface area contributed by atoms with E-state index in [1.165, 1.54) is 43.5 Å². The minimum atomic E-state index is -0.912. The molecule has 0 heterocycles. The predicted molar refractivity (Wildman–Crippen MR) is 117 cm³/mol. The number of hydrogen-bond acceptors (Lipinski definition) is 4. The molecular weight excluding hydrogens is 370 g/mol. The summed E-state index contributed by atoms with van der Waals surface area (Å²) in [6.07, 6.45) is 15.0. The number of hydrogen-bond donors (Lipinski definition) is 2. The highest BCUT2D eigenvalue weighted by Gasteiger charge is 2.26. The van der Waals surface area contributed by atoms with Crippen molar-refractivity contribution in [1.82, 2.24) is 5.01 Å². The molecule has 1 aliphatic carbocycles. The maximum absolute atomic E-state index is 10.5. The summed E-state index contributed by atoms with van der Waals surface area (Å²) < 4.78 is 0. The number of carbonyl (C=O) groups excluding carboxylic acids is 1. The Bertz CT molecular complexity index is 756. The largest absolute Gasteiger partial charge is 0.478 e. The molecule has 0 saturated heterocycles. The van der Waals surface area contributed by atoms with Crippen LogP contribution in [0.25, 0.3) is 0 Å². The van der Waals surface area contributed by atoms with E-state index in [1.54, 1.807) is 13.0 Å². The molecular formula is C22H33N3O4. The molecule has 1 rings (SSSR count). The average molecular weight is 404 g/mol. The van der Waals surface area contributed by atoms with Crippen molar-refractivity contribution < 1.29 is 14.7 Å². The van der Waals surface area contributed by atoms with E-state index in [0.717, 1.165) is 11.1 Å². The lowest BCUT2D eigenvalue weighted by Gasteiger charge is -2.32. The topological polar surface area (TPSA) is 113 Å². The molecule has 29 heavy (non-hydrogen) atoms. The Balaban J connectivity index is 0.000000956. The van der Waals surface area contributed by atoms with E-state index in [4.69, 9.17) is 5.11 Å². The van der Waals surface area contributed by atoms with Crippen molar-refractivity contribution in [2.45, 2.75) is 53.9 Å². The summed E-state index contributed by atoms with van der Waals surface area (Å²) in [7, 11) is 1.18. The highest BCUT2D eigenvalue weighted by molar-refractivity contribution is 5.81. The van der Waals surface area contributed by atoms with Crippen molar-refractivity contribution in [1.29, 1.82) is 0 Å². The van der Waals surface area contributed by atoms with Gasteiger partial charge in [-0.1, -0.05) is 55.4 Å². The second-order valence-electron chi connectivity index (χ2n) is 7.70. The molecule has 0 aromatic carbocycles. The van der Waals surface area contributed by atoms with Gasteiger partial charge >= 0.3 is 12.0 Å². The molecule has 0 aromatic heterocycles. The summed E-state index contributed by atoms with van der Waals surface area (Å²) >= 11 is 0. The number of nitrogens with two attached hydrogens (primary N) is 1. The van der Waals surface area contributed by atoms with Crippen molar-refractivity contribution in [2.24, 2.45) is 16.4 Å². The first-order chi connectivity index (χ1) is 13.4. The molecule has 0 bridgehead atoms. The second-order valence-corrected chi connectivity index (χ2v) is 7.70. The average Bonchev–Trinajstić information content (AvgIpc) is 2.59. The molecule has 2 amide bonds. The van der Waals surface area contributed by atoms with Crippen molar-refractivity contribution in [3.05, 3.63) is 63.7 Å². The summed E-state index contributed by atoms with van der Waals surface area (Å²) in [5, 5.41) is 11.3. The fraction of sp³-hybridized carbons (Fsp3) is 0.455. The van der Waals surface area contributed by atoms with Crippen LogP contribution < -0.4 is 5.73 Å². The van der Waals surface area contributed by atoms with E-state index in [-0.39, 0.29) is 5.41 Å². The number of nitroso groups, excluding NO2 is 1. The summed E-state index contributed by atoms with van der Waals surface area (Å²) in [5.41, 5.74) is 9.63. The first-order valence-corrected chi connectivity index (χ1v) is 9.41. The summed E-state index contributed by atoms with van der Waals surface area (Å²) in [4.78, 5) is 29.6. The number of carboxylic acids is 1. The number of aliphatic carboxylic acids is 1. The second kappa shape index (κ2) is 12.5. The normalized spacial score (nSPS) is 17.2. The van der Waals surface area contributed by atoms with E-state index in [2.05, 4.69) is 50.9 Å². The lowest BCUT2D eigenvalue weighted by atomic mass is 9.72. The maximum atomic E-state index is 10.5. The molecule has 0 aromatic rings. The Morgan fingerprint density at radius 2 is 1.83 bits per heavy atom. The van der Waals surface area contributed by atoms with Crippen LogP contribution >= 0.6 is 0 Å². The zero-order valence-corrected chi connectivity index (χ0v) is 18.2. The molecule has 0 unspecified atom stereocenters. The Hall–Kier alpha value is -2.96. The van der Waals surface area contributed by atoms with Crippen LogP contribution in [0.4, 0.5) is 4.79 Å². The molecule has 7 nitrogen and oxygen atoms in total. The molecule has 0 atom stereocenters. The number of nitrogens with zero attached hydrogens (tertiary/aromatic N) is 2. The molecule has 0 fully saturated rings. The number of rotatable bonds is 6. The van der Waals surface area contributed by atoms with Gasteiger partial charge in [-0.3, -0.25) is 0 Å². The number of carbonyl (C=O) groups is 2. The van der Waals surface area contributed by atoms with Gasteiger partial charge in [0.2, 0.25) is 0 Å². The molecule has 160 valence electrons. The van der Waals surface area contributed by atoms with Crippen LogP contribution in [0.3, 0.4) is 0 Å². The van der Waals surface area contributed by atoms with Gasteiger partial charge in [-0.05, 0) is 56.6 Å². The lowest BCUT2D eigenvalue weighted by molar-refractivity contribution is -0.131. The quantitative estimate of drug-likeness (QED) is 0.272. The fourth-order valence-corrected chi connectivity index (χ4v) is 2.92. The Morgan fingerprint density at radius 3 is 2.28 bits per heavy atom. The molecule has 7 heteroatoms. The number of carboxylic acid groups (broad SMARTS) is 1. The van der Waals surface area contributed by atoms with E-state index in [9.17, 15) is 14.5 Å². The van der Waals surface area contributed by atoms with Gasteiger partial charge in [-0.25, -0.2) is 9.59 Å². The number of amides is 2. The van der Waals surface area contributed by atoms with Gasteiger partial charge in [0.25, 0.3) is 0 Å². The van der Waals surface area contributed by atoms with Crippen molar-refractivity contribution in [2.75, 3.05) is 7.05 Å². The summed E-state index contributed by atoms with van der Waals surface area (Å²) in [6, 6.07) is -0.852. The maximum Gasteiger partial charge on any atom is 0.337 e. The van der Waals surface area contributed by atoms with E-state index < -0.39 is 12.0 Å². The van der Waals surface area contributed by atoms with Crippen molar-refractivity contribution in [3.8, 4) is 0 Å². The molecule has 0 radical (unpaired) electrons. The first-order valence-electron chi connectivity index (χ1n) is 9.41. The van der Waals surface area contributed by atoms with Gasteiger partial charge < -0.3 is 10.8 Å². The van der Waals surface area contributed by atoms with Crippen LogP contribution in [-0.2, 0) is 4.79 Å². The van der Waals surface area contributed by atoms with Crippen molar-refractivity contribution in [3.63, 3.8) is 0 Å². The highest BCUT2D eigenvalue weighted by atomic mass is 16.4. The van der Waals surface area contributed by atoms with E-state index >= 15 is 0 Å². The van der Waals surface area contributed by atoms with Gasteiger partial charge in [0.05, 0.1) is 5.29 Å². The molecule has 3 N–H and O–H groups in total. The van der Waals surface area contributed by atoms with E-state index in [1.807, 2.05) is 12.2 Å². The minimum Gasteiger partial charge on any atom is -0.478 e. The zero-order chi connectivity index (χ0) is 22.6.